The summed E-state index contributed by atoms with van der Waals surface area (Å²) in [6, 6.07) is 3.68. The molecule has 1 aromatic rings. The van der Waals surface area contributed by atoms with Gasteiger partial charge in [-0.15, -0.1) is 0 Å². The molecule has 0 spiro atoms. The molecule has 262 valence electrons. The molecule has 0 aromatic heterocycles. The third-order valence-electron chi connectivity index (χ3n) is 7.44. The van der Waals surface area contributed by atoms with Crippen molar-refractivity contribution in [3.8, 4) is 0 Å². The van der Waals surface area contributed by atoms with Crippen LogP contribution < -0.4 is 32.3 Å². The van der Waals surface area contributed by atoms with Gasteiger partial charge in [0.2, 0.25) is 35.3 Å². The van der Waals surface area contributed by atoms with Gasteiger partial charge in [-0.2, -0.15) is 0 Å². The molecule has 1 rings (SSSR count). The zero-order valence-electron chi connectivity index (χ0n) is 29.3. The maximum atomic E-state index is 13.7. The van der Waals surface area contributed by atoms with Gasteiger partial charge in [-0.05, 0) is 29.7 Å². The van der Waals surface area contributed by atoms with Crippen molar-refractivity contribution < 1.29 is 33.6 Å². The molecule has 0 saturated heterocycles. The van der Waals surface area contributed by atoms with Gasteiger partial charge in [0.15, 0.2) is 0 Å². The Bertz CT molecular complexity index is 1290. The molecule has 0 saturated carbocycles. The molecule has 5 unspecified atom stereocenters. The summed E-state index contributed by atoms with van der Waals surface area (Å²) in [4.78, 5) is 92.3. The third kappa shape index (κ3) is 12.8. The SMILES string of the molecule is CCC(NC(=O)C(=O)C(C)NC(=O)C(CC(=O)N(C)C)NC(=O)C(NC(=O)C(NC(=O)CN)C(C)(C)C)C(C)(C)C)c1ccccc1. The molecular weight excluding hydrogens is 606 g/mol. The van der Waals surface area contributed by atoms with E-state index in [1.165, 1.54) is 25.9 Å². The fraction of sp³-hybridized carbons (Fsp3) is 0.606. The van der Waals surface area contributed by atoms with Crippen molar-refractivity contribution in [3.63, 3.8) is 0 Å². The van der Waals surface area contributed by atoms with Crippen LogP contribution >= 0.6 is 0 Å². The number of rotatable bonds is 15. The first-order chi connectivity index (χ1) is 21.6. The largest absolute Gasteiger partial charge is 0.349 e. The van der Waals surface area contributed by atoms with E-state index in [0.717, 1.165) is 5.56 Å². The molecule has 14 nitrogen and oxygen atoms in total. The van der Waals surface area contributed by atoms with Gasteiger partial charge in [0.05, 0.1) is 25.0 Å². The molecule has 14 heteroatoms. The zero-order chi connectivity index (χ0) is 36.3. The predicted octanol–water partition coefficient (Wildman–Crippen LogP) is 0.311. The predicted molar refractivity (Wildman–Crippen MR) is 177 cm³/mol. The minimum Gasteiger partial charge on any atom is -0.349 e. The highest BCUT2D eigenvalue weighted by Crippen LogP contribution is 2.23. The third-order valence-corrected chi connectivity index (χ3v) is 7.44. The van der Waals surface area contributed by atoms with Crippen LogP contribution in [0.4, 0.5) is 0 Å². The molecule has 7 N–H and O–H groups in total. The maximum absolute atomic E-state index is 13.7. The normalized spacial score (nSPS) is 14.7. The first-order valence-electron chi connectivity index (χ1n) is 15.6. The topological polar surface area (TPSA) is 209 Å². The average molecular weight is 660 g/mol. The summed E-state index contributed by atoms with van der Waals surface area (Å²) < 4.78 is 0. The number of benzene rings is 1. The monoisotopic (exact) mass is 659 g/mol. The van der Waals surface area contributed by atoms with E-state index < -0.39 is 88.7 Å². The number of amides is 6. The molecule has 1 aromatic carbocycles. The first-order valence-corrected chi connectivity index (χ1v) is 15.6. The fourth-order valence-corrected chi connectivity index (χ4v) is 4.53. The van der Waals surface area contributed by atoms with Crippen molar-refractivity contribution in [1.82, 2.24) is 31.5 Å². The number of hydrogen-bond donors (Lipinski definition) is 6. The molecule has 0 aliphatic heterocycles. The molecule has 0 aliphatic rings. The van der Waals surface area contributed by atoms with Gasteiger partial charge in [0.25, 0.3) is 5.91 Å². The molecule has 0 radical (unpaired) electrons. The number of ketones is 1. The van der Waals surface area contributed by atoms with E-state index in [-0.39, 0.29) is 6.54 Å². The molecular formula is C33H53N7O7. The van der Waals surface area contributed by atoms with Crippen molar-refractivity contribution in [2.45, 2.75) is 98.4 Å². The van der Waals surface area contributed by atoms with E-state index >= 15 is 0 Å². The molecule has 5 atom stereocenters. The quantitative estimate of drug-likeness (QED) is 0.144. The van der Waals surface area contributed by atoms with Gasteiger partial charge in [0.1, 0.15) is 18.1 Å². The lowest BCUT2D eigenvalue weighted by Gasteiger charge is -2.36. The van der Waals surface area contributed by atoms with Crippen molar-refractivity contribution in [3.05, 3.63) is 35.9 Å². The number of Topliss-reactive ketones (excluding diaryl/α,β-unsaturated/α-hetero) is 1. The van der Waals surface area contributed by atoms with Crippen LogP contribution in [0.1, 0.15) is 79.8 Å². The van der Waals surface area contributed by atoms with E-state index in [1.54, 1.807) is 41.5 Å². The highest BCUT2D eigenvalue weighted by atomic mass is 16.2. The Morgan fingerprint density at radius 3 is 1.72 bits per heavy atom. The highest BCUT2D eigenvalue weighted by molar-refractivity contribution is 6.38. The molecule has 0 heterocycles. The Kier molecular flexibility index (Phi) is 15.2. The van der Waals surface area contributed by atoms with Gasteiger partial charge in [0, 0.05) is 14.1 Å². The Morgan fingerprint density at radius 1 is 0.745 bits per heavy atom. The molecule has 0 bridgehead atoms. The van der Waals surface area contributed by atoms with E-state index in [1.807, 2.05) is 37.3 Å². The van der Waals surface area contributed by atoms with Crippen molar-refractivity contribution in [2.75, 3.05) is 20.6 Å². The second kappa shape index (κ2) is 17.5. The summed E-state index contributed by atoms with van der Waals surface area (Å²) in [6.45, 7) is 13.1. The average Bonchev–Trinajstić information content (AvgIpc) is 2.98. The summed E-state index contributed by atoms with van der Waals surface area (Å²) in [5.74, 6) is -5.16. The number of nitrogens with one attached hydrogen (secondary N) is 5. The number of hydrogen-bond acceptors (Lipinski definition) is 8. The summed E-state index contributed by atoms with van der Waals surface area (Å²) in [7, 11) is 2.96. The summed E-state index contributed by atoms with van der Waals surface area (Å²) in [5.41, 5.74) is 4.61. The van der Waals surface area contributed by atoms with Gasteiger partial charge in [-0.3, -0.25) is 33.6 Å². The lowest BCUT2D eigenvalue weighted by atomic mass is 9.83. The highest BCUT2D eigenvalue weighted by Gasteiger charge is 2.40. The van der Waals surface area contributed by atoms with E-state index in [9.17, 15) is 33.6 Å². The lowest BCUT2D eigenvalue weighted by molar-refractivity contribution is -0.141. The smallest absolute Gasteiger partial charge is 0.290 e. The number of nitrogens with two attached hydrogens (primary N) is 1. The molecule has 0 fully saturated rings. The summed E-state index contributed by atoms with van der Waals surface area (Å²) in [5, 5.41) is 12.9. The van der Waals surface area contributed by atoms with Crippen molar-refractivity contribution in [1.29, 1.82) is 0 Å². The molecule has 6 amide bonds. The van der Waals surface area contributed by atoms with Crippen molar-refractivity contribution >= 4 is 41.2 Å². The van der Waals surface area contributed by atoms with Crippen LogP contribution in [0, 0.1) is 10.8 Å². The minimum atomic E-state index is -1.46. The van der Waals surface area contributed by atoms with Gasteiger partial charge >= 0.3 is 0 Å². The molecule has 47 heavy (non-hydrogen) atoms. The fourth-order valence-electron chi connectivity index (χ4n) is 4.53. The minimum absolute atomic E-state index is 0.339. The summed E-state index contributed by atoms with van der Waals surface area (Å²) >= 11 is 0. The van der Waals surface area contributed by atoms with Gasteiger partial charge in [-0.25, -0.2) is 0 Å². The maximum Gasteiger partial charge on any atom is 0.290 e. The van der Waals surface area contributed by atoms with Crippen LogP contribution in [0.3, 0.4) is 0 Å². The van der Waals surface area contributed by atoms with Crippen LogP contribution in [0.5, 0.6) is 0 Å². The second-order valence-electron chi connectivity index (χ2n) is 13.9. The molecule has 0 aliphatic carbocycles. The van der Waals surface area contributed by atoms with Crippen LogP contribution in [-0.4, -0.2) is 90.9 Å². The number of carbonyl (C=O) groups excluding carboxylic acids is 7. The Hall–Kier alpha value is -4.33. The Balaban J connectivity index is 3.21. The van der Waals surface area contributed by atoms with E-state index in [2.05, 4.69) is 26.6 Å². The second-order valence-corrected chi connectivity index (χ2v) is 13.9. The first kappa shape index (κ1) is 40.7. The van der Waals surface area contributed by atoms with Crippen LogP contribution in [0.15, 0.2) is 30.3 Å². The van der Waals surface area contributed by atoms with E-state index in [4.69, 9.17) is 5.73 Å². The Morgan fingerprint density at radius 2 is 1.26 bits per heavy atom. The zero-order valence-corrected chi connectivity index (χ0v) is 29.3. The number of carbonyl (C=O) groups is 7. The van der Waals surface area contributed by atoms with Gasteiger partial charge in [-0.1, -0.05) is 78.8 Å². The van der Waals surface area contributed by atoms with Gasteiger partial charge < -0.3 is 37.2 Å². The lowest BCUT2D eigenvalue weighted by Crippen LogP contribution is -2.63. The standard InChI is InChI=1S/C33H53N7O7/c1-11-21(20-15-13-12-14-16-20)36-29(45)25(43)19(2)35-28(44)22(17-24(42)40(9)10)37-30(46)27(33(6,7)8)39-31(47)26(32(3,4)5)38-23(41)18-34/h12-16,19,21-22,26-27H,11,17-18,34H2,1-10H3,(H,35,44)(H,36,45)(H,37,46)(H,38,41)(H,39,47). The number of nitrogens with zero attached hydrogens (tertiary/aromatic N) is 1. The van der Waals surface area contributed by atoms with Crippen LogP contribution in [0.2, 0.25) is 0 Å². The Labute approximate surface area is 277 Å². The van der Waals surface area contributed by atoms with Crippen LogP contribution in [-0.2, 0) is 33.6 Å². The van der Waals surface area contributed by atoms with Crippen molar-refractivity contribution in [2.24, 2.45) is 16.6 Å². The van der Waals surface area contributed by atoms with E-state index in [0.29, 0.717) is 6.42 Å². The summed E-state index contributed by atoms with van der Waals surface area (Å²) in [6.07, 6.45) is 0.0531. The van der Waals surface area contributed by atoms with Crippen LogP contribution in [0.25, 0.3) is 0 Å².